The molecule has 30 heavy (non-hydrogen) atoms. The zero-order valence-electron chi connectivity index (χ0n) is 18.0. The van der Waals surface area contributed by atoms with Gasteiger partial charge in [-0.2, -0.15) is 0 Å². The molecule has 0 bridgehead atoms. The van der Waals surface area contributed by atoms with Gasteiger partial charge >= 0.3 is 11.9 Å². The highest BCUT2D eigenvalue weighted by Crippen LogP contribution is 2.42. The third-order valence-corrected chi connectivity index (χ3v) is 6.68. The fourth-order valence-electron chi connectivity index (χ4n) is 5.19. The van der Waals surface area contributed by atoms with E-state index in [0.29, 0.717) is 31.8 Å². The molecule has 1 heterocycles. The van der Waals surface area contributed by atoms with Crippen LogP contribution < -0.4 is 0 Å². The number of likely N-dealkylation sites (tertiary alicyclic amines) is 1. The smallest absolute Gasteiger partial charge is 0.326 e. The first-order chi connectivity index (χ1) is 14.4. The van der Waals surface area contributed by atoms with Crippen molar-refractivity contribution in [1.82, 2.24) is 4.90 Å². The lowest BCUT2D eigenvalue weighted by Gasteiger charge is -2.31. The van der Waals surface area contributed by atoms with E-state index < -0.39 is 17.9 Å². The summed E-state index contributed by atoms with van der Waals surface area (Å²) in [6, 6.07) is 9.25. The number of amides is 1. The number of carboxylic acids is 1. The summed E-state index contributed by atoms with van der Waals surface area (Å²) in [6.45, 7) is 3.90. The number of ether oxygens (including phenoxy) is 1. The minimum atomic E-state index is -0.920. The molecule has 1 aromatic rings. The van der Waals surface area contributed by atoms with Gasteiger partial charge in [0.2, 0.25) is 5.91 Å². The Bertz CT molecular complexity index is 749. The highest BCUT2D eigenvalue weighted by Gasteiger charge is 2.49. The van der Waals surface area contributed by atoms with E-state index in [-0.39, 0.29) is 23.8 Å². The highest BCUT2D eigenvalue weighted by atomic mass is 16.5. The Kier molecular flexibility index (Phi) is 7.51. The number of benzene rings is 1. The lowest BCUT2D eigenvalue weighted by molar-refractivity contribution is -0.153. The quantitative estimate of drug-likeness (QED) is 0.622. The number of hydrogen-bond acceptors (Lipinski definition) is 4. The summed E-state index contributed by atoms with van der Waals surface area (Å²) in [5, 5.41) is 9.65. The van der Waals surface area contributed by atoms with Crippen molar-refractivity contribution >= 4 is 17.8 Å². The van der Waals surface area contributed by atoms with E-state index >= 15 is 0 Å². The molecule has 2 fully saturated rings. The van der Waals surface area contributed by atoms with Crippen molar-refractivity contribution in [3.05, 3.63) is 35.9 Å². The van der Waals surface area contributed by atoms with Gasteiger partial charge in [-0.05, 0) is 56.9 Å². The summed E-state index contributed by atoms with van der Waals surface area (Å²) in [6.07, 6.45) is 5.19. The molecule has 164 valence electrons. The molecule has 6 heteroatoms. The Hall–Kier alpha value is -2.37. The van der Waals surface area contributed by atoms with Crippen molar-refractivity contribution in [2.45, 2.75) is 70.9 Å². The lowest BCUT2D eigenvalue weighted by atomic mass is 9.89. The minimum absolute atomic E-state index is 0.0337. The van der Waals surface area contributed by atoms with E-state index in [4.69, 9.17) is 4.74 Å². The van der Waals surface area contributed by atoms with Gasteiger partial charge in [0.25, 0.3) is 0 Å². The van der Waals surface area contributed by atoms with Crippen LogP contribution >= 0.6 is 0 Å². The summed E-state index contributed by atoms with van der Waals surface area (Å²) in [5.74, 6) is -1.84. The van der Waals surface area contributed by atoms with Crippen LogP contribution in [0.15, 0.2) is 30.3 Å². The van der Waals surface area contributed by atoms with Crippen LogP contribution in [0.5, 0.6) is 0 Å². The average Bonchev–Trinajstić information content (AvgIpc) is 3.32. The van der Waals surface area contributed by atoms with E-state index in [1.165, 1.54) is 0 Å². The summed E-state index contributed by atoms with van der Waals surface area (Å²) in [7, 11) is 0. The predicted molar refractivity (Wildman–Crippen MR) is 113 cm³/mol. The molecule has 0 radical (unpaired) electrons. The van der Waals surface area contributed by atoms with Crippen molar-refractivity contribution in [1.29, 1.82) is 0 Å². The predicted octanol–water partition coefficient (Wildman–Crippen LogP) is 3.68. The zero-order valence-corrected chi connectivity index (χ0v) is 18.0. The molecular weight excluding hydrogens is 382 g/mol. The molecule has 1 aliphatic carbocycles. The van der Waals surface area contributed by atoms with E-state index in [1.807, 2.05) is 37.3 Å². The SMILES string of the molecule is CCOC(=O)[C@H](CCc1ccccc1)C[C@@H](C)C(=O)N1[C@H](C(=O)O)C[C@H]2CCC[C@@H]21. The van der Waals surface area contributed by atoms with Gasteiger partial charge in [-0.1, -0.05) is 43.7 Å². The van der Waals surface area contributed by atoms with Gasteiger partial charge in [0.05, 0.1) is 12.5 Å². The topological polar surface area (TPSA) is 83.9 Å². The van der Waals surface area contributed by atoms with Crippen LogP contribution in [-0.2, 0) is 25.5 Å². The molecule has 1 saturated carbocycles. The van der Waals surface area contributed by atoms with Crippen molar-refractivity contribution < 1.29 is 24.2 Å². The zero-order chi connectivity index (χ0) is 21.7. The van der Waals surface area contributed by atoms with Crippen LogP contribution in [0, 0.1) is 17.8 Å². The fourth-order valence-corrected chi connectivity index (χ4v) is 5.19. The standard InChI is InChI=1S/C24H33NO5/c1-3-30-24(29)19(13-12-17-8-5-4-6-9-17)14-16(2)22(26)25-20-11-7-10-18(20)15-21(25)23(27)28/h4-6,8-9,16,18-21H,3,7,10-15H2,1-2H3,(H,27,28)/t16-,18-,19-,20+,21+/m1/s1. The van der Waals surface area contributed by atoms with E-state index in [9.17, 15) is 19.5 Å². The lowest BCUT2D eigenvalue weighted by Crippen LogP contribution is -2.47. The second kappa shape index (κ2) is 10.1. The Labute approximate surface area is 178 Å². The molecule has 2 aliphatic rings. The monoisotopic (exact) mass is 415 g/mol. The number of carbonyl (C=O) groups excluding carboxylic acids is 2. The molecule has 0 spiro atoms. The first-order valence-corrected chi connectivity index (χ1v) is 11.2. The van der Waals surface area contributed by atoms with Gasteiger partial charge < -0.3 is 14.7 Å². The van der Waals surface area contributed by atoms with Gasteiger partial charge in [0.15, 0.2) is 0 Å². The fraction of sp³-hybridized carbons (Fsp3) is 0.625. The second-order valence-electron chi connectivity index (χ2n) is 8.70. The molecule has 1 amide bonds. The third-order valence-electron chi connectivity index (χ3n) is 6.68. The molecular formula is C24H33NO5. The molecule has 1 aromatic carbocycles. The van der Waals surface area contributed by atoms with Crippen LogP contribution in [0.1, 0.15) is 57.9 Å². The summed E-state index contributed by atoms with van der Waals surface area (Å²) in [4.78, 5) is 39.3. The van der Waals surface area contributed by atoms with Gasteiger partial charge in [-0.15, -0.1) is 0 Å². The van der Waals surface area contributed by atoms with Crippen LogP contribution in [-0.4, -0.2) is 46.5 Å². The van der Waals surface area contributed by atoms with Gasteiger partial charge in [-0.25, -0.2) is 4.79 Å². The Morgan fingerprint density at radius 3 is 2.60 bits per heavy atom. The molecule has 3 rings (SSSR count). The molecule has 0 unspecified atom stereocenters. The number of carboxylic acid groups (broad SMARTS) is 1. The Morgan fingerprint density at radius 2 is 1.93 bits per heavy atom. The number of aliphatic carboxylic acids is 1. The van der Waals surface area contributed by atoms with Crippen molar-refractivity contribution in [3.63, 3.8) is 0 Å². The molecule has 6 nitrogen and oxygen atoms in total. The highest BCUT2D eigenvalue weighted by molar-refractivity contribution is 5.86. The molecule has 0 aromatic heterocycles. The van der Waals surface area contributed by atoms with Crippen LogP contribution in [0.3, 0.4) is 0 Å². The van der Waals surface area contributed by atoms with Crippen molar-refractivity contribution in [3.8, 4) is 0 Å². The van der Waals surface area contributed by atoms with Gasteiger partial charge in [0.1, 0.15) is 6.04 Å². The number of esters is 1. The Morgan fingerprint density at radius 1 is 1.20 bits per heavy atom. The van der Waals surface area contributed by atoms with Crippen molar-refractivity contribution in [2.75, 3.05) is 6.61 Å². The van der Waals surface area contributed by atoms with E-state index in [0.717, 1.165) is 31.2 Å². The van der Waals surface area contributed by atoms with Crippen LogP contribution in [0.4, 0.5) is 0 Å². The van der Waals surface area contributed by atoms with Gasteiger partial charge in [-0.3, -0.25) is 9.59 Å². The maximum atomic E-state index is 13.3. The maximum absolute atomic E-state index is 13.3. The minimum Gasteiger partial charge on any atom is -0.480 e. The number of rotatable bonds is 9. The summed E-state index contributed by atoms with van der Waals surface area (Å²) < 4.78 is 5.27. The molecule has 1 saturated heterocycles. The number of fused-ring (bicyclic) bond motifs is 1. The first kappa shape index (κ1) is 22.3. The normalized spacial score (nSPS) is 24.9. The number of carbonyl (C=O) groups is 3. The number of hydrogen-bond donors (Lipinski definition) is 1. The van der Waals surface area contributed by atoms with E-state index in [1.54, 1.807) is 11.8 Å². The number of nitrogens with zero attached hydrogens (tertiary/aromatic N) is 1. The Balaban J connectivity index is 1.68. The maximum Gasteiger partial charge on any atom is 0.326 e. The molecule has 1 N–H and O–H groups in total. The number of aryl methyl sites for hydroxylation is 1. The molecule has 1 aliphatic heterocycles. The largest absolute Gasteiger partial charge is 0.480 e. The van der Waals surface area contributed by atoms with Crippen molar-refractivity contribution in [2.24, 2.45) is 17.8 Å². The third kappa shape index (κ3) is 5.02. The summed E-state index contributed by atoms with van der Waals surface area (Å²) >= 11 is 0. The second-order valence-corrected chi connectivity index (χ2v) is 8.70. The van der Waals surface area contributed by atoms with Gasteiger partial charge in [0, 0.05) is 12.0 Å². The van der Waals surface area contributed by atoms with Crippen LogP contribution in [0.2, 0.25) is 0 Å². The van der Waals surface area contributed by atoms with Crippen LogP contribution in [0.25, 0.3) is 0 Å². The van der Waals surface area contributed by atoms with E-state index in [2.05, 4.69) is 0 Å². The summed E-state index contributed by atoms with van der Waals surface area (Å²) in [5.41, 5.74) is 1.14. The average molecular weight is 416 g/mol. The first-order valence-electron chi connectivity index (χ1n) is 11.2. The molecule has 5 atom stereocenters.